The first-order valence-electron chi connectivity index (χ1n) is 5.82. The van der Waals surface area contributed by atoms with Crippen molar-refractivity contribution in [1.29, 1.82) is 0 Å². The number of fused-ring (bicyclic) bond motifs is 1. The molecule has 1 aliphatic heterocycles. The molecule has 2 nitrogen and oxygen atoms in total. The summed E-state index contributed by atoms with van der Waals surface area (Å²) >= 11 is 1.86. The number of nitrogens with zero attached hydrogens (tertiary/aromatic N) is 1. The van der Waals surface area contributed by atoms with Crippen molar-refractivity contribution < 1.29 is 0 Å². The molecule has 84 valence electrons. The van der Waals surface area contributed by atoms with Crippen LogP contribution in [0.5, 0.6) is 0 Å². The highest BCUT2D eigenvalue weighted by Gasteiger charge is 2.12. The predicted octanol–water partition coefficient (Wildman–Crippen LogP) is 2.31. The second kappa shape index (κ2) is 4.53. The summed E-state index contributed by atoms with van der Waals surface area (Å²) in [6, 6.07) is 8.70. The van der Waals surface area contributed by atoms with Crippen molar-refractivity contribution >= 4 is 21.4 Å². The molecular weight excluding hydrogens is 216 g/mol. The molecule has 0 radical (unpaired) electrons. The van der Waals surface area contributed by atoms with E-state index in [-0.39, 0.29) is 0 Å². The fraction of sp³-hybridized carbons (Fsp3) is 0.385. The molecule has 0 saturated carbocycles. The standard InChI is InChI=1S/C13H16N2S/c1-2-4-13-12(3-1)11(10-16-13)9-15-7-5-14-6-8-15/h1-4,10,14H,5-9H2. The smallest absolute Gasteiger partial charge is 0.0346 e. The third-order valence-corrected chi connectivity index (χ3v) is 4.18. The quantitative estimate of drug-likeness (QED) is 0.855. The summed E-state index contributed by atoms with van der Waals surface area (Å²) < 4.78 is 1.41. The fourth-order valence-electron chi connectivity index (χ4n) is 2.27. The largest absolute Gasteiger partial charge is 0.314 e. The second-order valence-corrected chi connectivity index (χ2v) is 5.19. The Morgan fingerprint density at radius 3 is 2.88 bits per heavy atom. The van der Waals surface area contributed by atoms with E-state index in [0.29, 0.717) is 0 Å². The molecule has 1 fully saturated rings. The van der Waals surface area contributed by atoms with Crippen LogP contribution in [0.4, 0.5) is 0 Å². The molecule has 0 atom stereocenters. The summed E-state index contributed by atoms with van der Waals surface area (Å²) in [6.45, 7) is 5.70. The van der Waals surface area contributed by atoms with Gasteiger partial charge in [0.15, 0.2) is 0 Å². The first-order chi connectivity index (χ1) is 7.93. The van der Waals surface area contributed by atoms with Gasteiger partial charge in [-0.1, -0.05) is 18.2 Å². The topological polar surface area (TPSA) is 15.3 Å². The first-order valence-corrected chi connectivity index (χ1v) is 6.69. The highest BCUT2D eigenvalue weighted by molar-refractivity contribution is 7.17. The van der Waals surface area contributed by atoms with E-state index in [1.807, 2.05) is 11.3 Å². The van der Waals surface area contributed by atoms with E-state index in [9.17, 15) is 0 Å². The molecular formula is C13H16N2S. The minimum atomic E-state index is 1.10. The van der Waals surface area contributed by atoms with Crippen molar-refractivity contribution in [3.8, 4) is 0 Å². The molecule has 1 aromatic carbocycles. The zero-order chi connectivity index (χ0) is 10.8. The van der Waals surface area contributed by atoms with E-state index in [1.165, 1.54) is 28.7 Å². The van der Waals surface area contributed by atoms with Gasteiger partial charge in [-0.25, -0.2) is 0 Å². The van der Waals surface area contributed by atoms with Crippen molar-refractivity contribution in [2.45, 2.75) is 6.54 Å². The SMILES string of the molecule is c1ccc2c(CN3CCNCC3)csc2c1. The molecule has 1 aliphatic rings. The number of rotatable bonds is 2. The van der Waals surface area contributed by atoms with Crippen molar-refractivity contribution in [2.75, 3.05) is 26.2 Å². The van der Waals surface area contributed by atoms with Crippen LogP contribution in [0.25, 0.3) is 10.1 Å². The van der Waals surface area contributed by atoms with Crippen LogP contribution in [0, 0.1) is 0 Å². The van der Waals surface area contributed by atoms with Crippen LogP contribution in [-0.4, -0.2) is 31.1 Å². The Kier molecular flexibility index (Phi) is 2.91. The van der Waals surface area contributed by atoms with E-state index in [1.54, 1.807) is 0 Å². The third kappa shape index (κ3) is 1.98. The van der Waals surface area contributed by atoms with E-state index in [2.05, 4.69) is 39.9 Å². The van der Waals surface area contributed by atoms with Crippen molar-refractivity contribution in [2.24, 2.45) is 0 Å². The van der Waals surface area contributed by atoms with E-state index < -0.39 is 0 Å². The zero-order valence-electron chi connectivity index (χ0n) is 9.28. The molecule has 0 aliphatic carbocycles. The van der Waals surface area contributed by atoms with Crippen molar-refractivity contribution in [3.05, 3.63) is 35.2 Å². The monoisotopic (exact) mass is 232 g/mol. The maximum Gasteiger partial charge on any atom is 0.0346 e. The van der Waals surface area contributed by atoms with Crippen LogP contribution < -0.4 is 5.32 Å². The van der Waals surface area contributed by atoms with Gasteiger partial charge in [-0.3, -0.25) is 4.90 Å². The number of thiophene rings is 1. The first kappa shape index (κ1) is 10.3. The summed E-state index contributed by atoms with van der Waals surface area (Å²) in [7, 11) is 0. The Morgan fingerprint density at radius 2 is 2.00 bits per heavy atom. The lowest BCUT2D eigenvalue weighted by atomic mass is 10.1. The molecule has 2 heterocycles. The Labute approximate surface area is 99.9 Å². The highest BCUT2D eigenvalue weighted by Crippen LogP contribution is 2.26. The summed E-state index contributed by atoms with van der Waals surface area (Å²) in [5, 5.41) is 7.14. The molecule has 3 rings (SSSR count). The lowest BCUT2D eigenvalue weighted by Gasteiger charge is -2.26. The zero-order valence-corrected chi connectivity index (χ0v) is 10.1. The van der Waals surface area contributed by atoms with Crippen molar-refractivity contribution in [3.63, 3.8) is 0 Å². The summed E-state index contributed by atoms with van der Waals surface area (Å²) in [6.07, 6.45) is 0. The Morgan fingerprint density at radius 1 is 1.19 bits per heavy atom. The Bertz CT molecular complexity index is 471. The minimum absolute atomic E-state index is 1.10. The summed E-state index contributed by atoms with van der Waals surface area (Å²) in [4.78, 5) is 2.53. The fourth-order valence-corrected chi connectivity index (χ4v) is 3.22. The van der Waals surface area contributed by atoms with E-state index in [0.717, 1.165) is 19.6 Å². The van der Waals surface area contributed by atoms with Crippen LogP contribution in [0.1, 0.15) is 5.56 Å². The van der Waals surface area contributed by atoms with E-state index >= 15 is 0 Å². The minimum Gasteiger partial charge on any atom is -0.314 e. The van der Waals surface area contributed by atoms with Gasteiger partial charge in [-0.2, -0.15) is 0 Å². The van der Waals surface area contributed by atoms with Gasteiger partial charge in [0, 0.05) is 37.4 Å². The molecule has 16 heavy (non-hydrogen) atoms. The number of nitrogens with one attached hydrogen (secondary N) is 1. The molecule has 1 N–H and O–H groups in total. The van der Waals surface area contributed by atoms with Crippen LogP contribution in [0.3, 0.4) is 0 Å². The average Bonchev–Trinajstić information content (AvgIpc) is 2.74. The second-order valence-electron chi connectivity index (χ2n) is 4.28. The van der Waals surface area contributed by atoms with Crippen LogP contribution in [0.2, 0.25) is 0 Å². The molecule has 0 unspecified atom stereocenters. The number of hydrogen-bond donors (Lipinski definition) is 1. The maximum absolute atomic E-state index is 3.39. The number of piperazine rings is 1. The normalized spacial score (nSPS) is 18.0. The van der Waals surface area contributed by atoms with Crippen LogP contribution in [-0.2, 0) is 6.54 Å². The van der Waals surface area contributed by atoms with Crippen molar-refractivity contribution in [1.82, 2.24) is 10.2 Å². The lowest BCUT2D eigenvalue weighted by Crippen LogP contribution is -2.42. The molecule has 1 aromatic heterocycles. The van der Waals surface area contributed by atoms with Gasteiger partial charge in [0.25, 0.3) is 0 Å². The van der Waals surface area contributed by atoms with Gasteiger partial charge in [-0.05, 0) is 22.4 Å². The van der Waals surface area contributed by atoms with Gasteiger partial charge >= 0.3 is 0 Å². The molecule has 0 spiro atoms. The Balaban J connectivity index is 1.83. The van der Waals surface area contributed by atoms with Gasteiger partial charge in [0.1, 0.15) is 0 Å². The predicted molar refractivity (Wildman–Crippen MR) is 70.0 cm³/mol. The molecule has 0 bridgehead atoms. The highest BCUT2D eigenvalue weighted by atomic mass is 32.1. The number of hydrogen-bond acceptors (Lipinski definition) is 3. The Hall–Kier alpha value is -0.900. The number of benzene rings is 1. The maximum atomic E-state index is 3.39. The third-order valence-electron chi connectivity index (χ3n) is 3.16. The average molecular weight is 232 g/mol. The molecule has 1 saturated heterocycles. The van der Waals surface area contributed by atoms with E-state index in [4.69, 9.17) is 0 Å². The molecule has 3 heteroatoms. The van der Waals surface area contributed by atoms with Crippen LogP contribution >= 0.6 is 11.3 Å². The summed E-state index contributed by atoms with van der Waals surface area (Å²) in [5.74, 6) is 0. The van der Waals surface area contributed by atoms with Gasteiger partial charge in [0.05, 0.1) is 0 Å². The van der Waals surface area contributed by atoms with Gasteiger partial charge in [0.2, 0.25) is 0 Å². The van der Waals surface area contributed by atoms with Crippen LogP contribution in [0.15, 0.2) is 29.6 Å². The lowest BCUT2D eigenvalue weighted by molar-refractivity contribution is 0.234. The molecule has 0 amide bonds. The summed E-state index contributed by atoms with van der Waals surface area (Å²) in [5.41, 5.74) is 1.49. The van der Waals surface area contributed by atoms with Gasteiger partial charge < -0.3 is 5.32 Å². The van der Waals surface area contributed by atoms with Gasteiger partial charge in [-0.15, -0.1) is 11.3 Å². The molecule has 2 aromatic rings.